The smallest absolute Gasteiger partial charge is 0.407 e. The number of ether oxygens (including phenoxy) is 2. The van der Waals surface area contributed by atoms with Gasteiger partial charge in [0.05, 0.1) is 5.39 Å². The van der Waals surface area contributed by atoms with E-state index in [0.717, 1.165) is 10.8 Å². The summed E-state index contributed by atoms with van der Waals surface area (Å²) in [5.41, 5.74) is -0.658. The van der Waals surface area contributed by atoms with Crippen molar-refractivity contribution in [1.82, 2.24) is 5.32 Å². The van der Waals surface area contributed by atoms with Crippen LogP contribution in [0.3, 0.4) is 0 Å². The topological polar surface area (TPSA) is 94.8 Å². The first-order valence-corrected chi connectivity index (χ1v) is 9.36. The third kappa shape index (κ3) is 5.34. The van der Waals surface area contributed by atoms with Gasteiger partial charge in [0.2, 0.25) is 0 Å². The van der Waals surface area contributed by atoms with E-state index < -0.39 is 23.3 Å². The van der Waals surface area contributed by atoms with Crippen molar-refractivity contribution in [1.29, 1.82) is 0 Å². The molecular weight excluding hydrogens is 374 g/mol. The maximum Gasteiger partial charge on any atom is 0.407 e. The first kappa shape index (κ1) is 20.4. The van der Waals surface area contributed by atoms with Gasteiger partial charge in [-0.05, 0) is 50.8 Å². The highest BCUT2D eigenvalue weighted by Crippen LogP contribution is 2.26. The van der Waals surface area contributed by atoms with Gasteiger partial charge in [-0.2, -0.15) is 0 Å². The minimum atomic E-state index is -0.570. The van der Waals surface area contributed by atoms with Crippen LogP contribution in [0.1, 0.15) is 33.6 Å². The molecule has 7 heteroatoms. The van der Waals surface area contributed by atoms with E-state index in [0.29, 0.717) is 29.7 Å². The van der Waals surface area contributed by atoms with Gasteiger partial charge in [-0.25, -0.2) is 9.59 Å². The van der Waals surface area contributed by atoms with Crippen LogP contribution in [0.15, 0.2) is 51.7 Å². The zero-order valence-electron chi connectivity index (χ0n) is 16.6. The Kier molecular flexibility index (Phi) is 5.87. The van der Waals surface area contributed by atoms with Crippen LogP contribution in [0.25, 0.3) is 21.7 Å². The highest BCUT2D eigenvalue weighted by molar-refractivity contribution is 6.04. The van der Waals surface area contributed by atoms with E-state index in [1.807, 2.05) is 12.1 Å². The van der Waals surface area contributed by atoms with Crippen LogP contribution in [-0.2, 0) is 9.53 Å². The molecule has 0 atom stereocenters. The molecule has 29 heavy (non-hydrogen) atoms. The molecule has 0 unspecified atom stereocenters. The standard InChI is InChI=1S/C22H23NO6/c1-22(2,3)29-21(26)23-12-6-9-19(24)27-14-10-11-16-15-7-4-5-8-17(15)20(25)28-18(16)13-14/h4-5,7-8,10-11,13H,6,9,12H2,1-3H3,(H,23,26). The predicted octanol–water partition coefficient (Wildman–Crippen LogP) is 4.16. The van der Waals surface area contributed by atoms with Crippen LogP contribution in [-0.4, -0.2) is 24.2 Å². The number of carbonyl (C=O) groups excluding carboxylic acids is 2. The highest BCUT2D eigenvalue weighted by Gasteiger charge is 2.16. The Morgan fingerprint density at radius 3 is 2.48 bits per heavy atom. The fourth-order valence-electron chi connectivity index (χ4n) is 2.84. The molecule has 0 radical (unpaired) electrons. The van der Waals surface area contributed by atoms with Crippen LogP contribution in [0.2, 0.25) is 0 Å². The van der Waals surface area contributed by atoms with Gasteiger partial charge in [-0.3, -0.25) is 4.79 Å². The number of alkyl carbamates (subject to hydrolysis) is 1. The Morgan fingerprint density at radius 2 is 1.76 bits per heavy atom. The summed E-state index contributed by atoms with van der Waals surface area (Å²) in [5, 5.41) is 4.64. The van der Waals surface area contributed by atoms with Crippen LogP contribution < -0.4 is 15.7 Å². The molecule has 0 saturated carbocycles. The van der Waals surface area contributed by atoms with Crippen molar-refractivity contribution in [3.63, 3.8) is 0 Å². The Hall–Kier alpha value is -3.35. The molecular formula is C22H23NO6. The van der Waals surface area contributed by atoms with E-state index in [2.05, 4.69) is 5.32 Å². The summed E-state index contributed by atoms with van der Waals surface area (Å²) in [6.07, 6.45) is 0.00333. The van der Waals surface area contributed by atoms with Gasteiger partial charge < -0.3 is 19.2 Å². The zero-order valence-corrected chi connectivity index (χ0v) is 16.6. The molecule has 0 saturated heterocycles. The largest absolute Gasteiger partial charge is 0.444 e. The van der Waals surface area contributed by atoms with Crippen molar-refractivity contribution in [3.8, 4) is 5.75 Å². The van der Waals surface area contributed by atoms with Gasteiger partial charge in [0.15, 0.2) is 0 Å². The molecule has 0 aliphatic heterocycles. The fourth-order valence-corrected chi connectivity index (χ4v) is 2.84. The molecule has 152 valence electrons. The van der Waals surface area contributed by atoms with Crippen molar-refractivity contribution in [2.75, 3.05) is 6.54 Å². The van der Waals surface area contributed by atoms with Crippen molar-refractivity contribution in [2.45, 2.75) is 39.2 Å². The van der Waals surface area contributed by atoms with E-state index in [1.54, 1.807) is 45.0 Å². The van der Waals surface area contributed by atoms with Crippen molar-refractivity contribution < 1.29 is 23.5 Å². The van der Waals surface area contributed by atoms with Crippen LogP contribution in [0.4, 0.5) is 4.79 Å². The lowest BCUT2D eigenvalue weighted by Crippen LogP contribution is -2.33. The molecule has 3 aromatic rings. The van der Waals surface area contributed by atoms with Gasteiger partial charge in [-0.15, -0.1) is 0 Å². The fraction of sp³-hybridized carbons (Fsp3) is 0.318. The quantitative estimate of drug-likeness (QED) is 0.228. The monoisotopic (exact) mass is 397 g/mol. The average molecular weight is 397 g/mol. The average Bonchev–Trinajstić information content (AvgIpc) is 2.64. The number of rotatable bonds is 5. The summed E-state index contributed by atoms with van der Waals surface area (Å²) in [6, 6.07) is 12.1. The molecule has 3 rings (SSSR count). The van der Waals surface area contributed by atoms with Crippen LogP contribution in [0, 0.1) is 0 Å². The molecule has 7 nitrogen and oxygen atoms in total. The molecule has 0 aliphatic rings. The van der Waals surface area contributed by atoms with E-state index in [4.69, 9.17) is 13.9 Å². The highest BCUT2D eigenvalue weighted by atomic mass is 16.6. The van der Waals surface area contributed by atoms with Crippen molar-refractivity contribution in [2.24, 2.45) is 0 Å². The van der Waals surface area contributed by atoms with E-state index in [-0.39, 0.29) is 6.42 Å². The first-order chi connectivity index (χ1) is 13.7. The third-order valence-corrected chi connectivity index (χ3v) is 4.05. The number of amides is 1. The lowest BCUT2D eigenvalue weighted by atomic mass is 10.1. The number of fused-ring (bicyclic) bond motifs is 3. The van der Waals surface area contributed by atoms with Crippen LogP contribution in [0.5, 0.6) is 5.75 Å². The molecule has 0 bridgehead atoms. The van der Waals surface area contributed by atoms with Gasteiger partial charge in [-0.1, -0.05) is 18.2 Å². The number of esters is 1. The van der Waals surface area contributed by atoms with E-state index >= 15 is 0 Å². The maximum atomic E-state index is 12.1. The van der Waals surface area contributed by atoms with Gasteiger partial charge >= 0.3 is 17.7 Å². The molecule has 1 heterocycles. The van der Waals surface area contributed by atoms with Crippen LogP contribution >= 0.6 is 0 Å². The summed E-state index contributed by atoms with van der Waals surface area (Å²) >= 11 is 0. The number of benzene rings is 2. The second-order valence-electron chi connectivity index (χ2n) is 7.60. The number of hydrogen-bond donors (Lipinski definition) is 1. The summed E-state index contributed by atoms with van der Waals surface area (Å²) in [5.74, 6) is -0.153. The summed E-state index contributed by atoms with van der Waals surface area (Å²) < 4.78 is 15.8. The molecule has 1 amide bonds. The van der Waals surface area contributed by atoms with E-state index in [1.165, 1.54) is 6.07 Å². The lowest BCUT2D eigenvalue weighted by molar-refractivity contribution is -0.134. The Balaban J connectivity index is 1.59. The lowest BCUT2D eigenvalue weighted by Gasteiger charge is -2.19. The molecule has 1 N–H and O–H groups in total. The van der Waals surface area contributed by atoms with Gasteiger partial charge in [0.1, 0.15) is 16.9 Å². The van der Waals surface area contributed by atoms with E-state index in [9.17, 15) is 14.4 Å². The summed E-state index contributed by atoms with van der Waals surface area (Å²) in [7, 11) is 0. The first-order valence-electron chi connectivity index (χ1n) is 9.36. The molecule has 0 spiro atoms. The Morgan fingerprint density at radius 1 is 1.03 bits per heavy atom. The Bertz CT molecular complexity index is 1110. The molecule has 0 aliphatic carbocycles. The SMILES string of the molecule is CC(C)(C)OC(=O)NCCCC(=O)Oc1ccc2c(c1)oc(=O)c1ccccc12. The minimum Gasteiger partial charge on any atom is -0.444 e. The second kappa shape index (κ2) is 8.34. The van der Waals surface area contributed by atoms with Crippen molar-refractivity contribution >= 4 is 33.8 Å². The summed E-state index contributed by atoms with van der Waals surface area (Å²) in [4.78, 5) is 35.7. The third-order valence-electron chi connectivity index (χ3n) is 4.05. The summed E-state index contributed by atoms with van der Waals surface area (Å²) in [6.45, 7) is 5.62. The second-order valence-corrected chi connectivity index (χ2v) is 7.60. The molecule has 0 fully saturated rings. The Labute approximate surface area is 167 Å². The zero-order chi connectivity index (χ0) is 21.0. The maximum absolute atomic E-state index is 12.1. The molecule has 1 aromatic heterocycles. The van der Waals surface area contributed by atoms with Gasteiger partial charge in [0, 0.05) is 24.4 Å². The van der Waals surface area contributed by atoms with Gasteiger partial charge in [0.25, 0.3) is 0 Å². The molecule has 2 aromatic carbocycles. The predicted molar refractivity (Wildman–Crippen MR) is 109 cm³/mol. The minimum absolute atomic E-state index is 0.121. The number of hydrogen-bond acceptors (Lipinski definition) is 6. The number of nitrogens with one attached hydrogen (secondary N) is 1. The normalized spacial score (nSPS) is 11.4. The van der Waals surface area contributed by atoms with Crippen molar-refractivity contribution in [3.05, 3.63) is 52.9 Å². The number of carbonyl (C=O) groups is 2.